The van der Waals surface area contributed by atoms with Gasteiger partial charge in [-0.1, -0.05) is 64.1 Å². The Bertz CT molecular complexity index is 482. The predicted octanol–water partition coefficient (Wildman–Crippen LogP) is 5.26. The van der Waals surface area contributed by atoms with E-state index >= 15 is 0 Å². The second kappa shape index (κ2) is 9.81. The van der Waals surface area contributed by atoms with E-state index in [2.05, 4.69) is 5.48 Å². The molecule has 0 saturated carbocycles. The highest BCUT2D eigenvalue weighted by Crippen LogP contribution is 2.36. The monoisotopic (exact) mass is 407 g/mol. The van der Waals surface area contributed by atoms with E-state index in [1.807, 2.05) is 6.08 Å². The Hall–Kier alpha value is -0.230. The first kappa shape index (κ1) is 19.8. The number of ether oxygens (including phenoxy) is 1. The standard InChI is InChI=1S/C13H14Cl5NO3/c14-10-6-9(20)7-11(15)12(10)21-5-3-1-2-4-19-22-8-13(16,17)18/h2,4,6-7,19-20H,1,3,5,8H2. The van der Waals surface area contributed by atoms with Gasteiger partial charge in [0.1, 0.15) is 12.4 Å². The van der Waals surface area contributed by atoms with Crippen LogP contribution in [0.5, 0.6) is 11.5 Å². The molecule has 9 heteroatoms. The molecule has 0 radical (unpaired) electrons. The summed E-state index contributed by atoms with van der Waals surface area (Å²) in [6, 6.07) is 2.74. The summed E-state index contributed by atoms with van der Waals surface area (Å²) in [5.41, 5.74) is 2.53. The van der Waals surface area contributed by atoms with Crippen molar-refractivity contribution in [2.24, 2.45) is 0 Å². The lowest BCUT2D eigenvalue weighted by Crippen LogP contribution is -2.18. The molecule has 124 valence electrons. The summed E-state index contributed by atoms with van der Waals surface area (Å²) in [6.45, 7) is 0.354. The molecule has 0 fully saturated rings. The smallest absolute Gasteiger partial charge is 0.216 e. The van der Waals surface area contributed by atoms with Crippen molar-refractivity contribution < 1.29 is 14.7 Å². The number of hydrogen-bond acceptors (Lipinski definition) is 4. The van der Waals surface area contributed by atoms with Crippen LogP contribution in [0, 0.1) is 0 Å². The highest BCUT2D eigenvalue weighted by Gasteiger charge is 2.19. The minimum Gasteiger partial charge on any atom is -0.508 e. The van der Waals surface area contributed by atoms with Crippen LogP contribution in [-0.2, 0) is 4.84 Å². The van der Waals surface area contributed by atoms with Crippen LogP contribution in [0.3, 0.4) is 0 Å². The van der Waals surface area contributed by atoms with E-state index < -0.39 is 3.79 Å². The van der Waals surface area contributed by atoms with E-state index in [0.29, 0.717) is 12.4 Å². The quantitative estimate of drug-likeness (QED) is 0.349. The van der Waals surface area contributed by atoms with Crippen molar-refractivity contribution in [2.75, 3.05) is 13.2 Å². The Labute approximate surface area is 153 Å². The Morgan fingerprint density at radius 2 is 1.82 bits per heavy atom. The number of hydroxylamine groups is 1. The van der Waals surface area contributed by atoms with Gasteiger partial charge in [0.2, 0.25) is 3.79 Å². The molecule has 4 nitrogen and oxygen atoms in total. The lowest BCUT2D eigenvalue weighted by atomic mass is 10.3. The molecule has 2 N–H and O–H groups in total. The number of phenols is 1. The predicted molar refractivity (Wildman–Crippen MR) is 91.4 cm³/mol. The third-order valence-corrected chi connectivity index (χ3v) is 3.14. The van der Waals surface area contributed by atoms with Crippen molar-refractivity contribution in [3.05, 3.63) is 34.5 Å². The summed E-state index contributed by atoms with van der Waals surface area (Å²) in [6.07, 6.45) is 4.90. The van der Waals surface area contributed by atoms with Gasteiger partial charge in [0, 0.05) is 18.3 Å². The molecular weight excluding hydrogens is 395 g/mol. The zero-order valence-electron chi connectivity index (χ0n) is 11.3. The van der Waals surface area contributed by atoms with E-state index in [1.165, 1.54) is 12.1 Å². The van der Waals surface area contributed by atoms with E-state index in [1.54, 1.807) is 6.20 Å². The minimum absolute atomic E-state index is 0.00813. The van der Waals surface area contributed by atoms with Gasteiger partial charge in [0.05, 0.1) is 16.7 Å². The van der Waals surface area contributed by atoms with Crippen LogP contribution in [0.2, 0.25) is 10.0 Å². The maximum absolute atomic E-state index is 9.30. The maximum atomic E-state index is 9.30. The molecule has 1 aromatic carbocycles. The average molecular weight is 410 g/mol. The normalized spacial score (nSPS) is 11.9. The van der Waals surface area contributed by atoms with Crippen molar-refractivity contribution >= 4 is 58.0 Å². The van der Waals surface area contributed by atoms with Crippen LogP contribution in [0.25, 0.3) is 0 Å². The average Bonchev–Trinajstić information content (AvgIpc) is 2.37. The summed E-state index contributed by atoms with van der Waals surface area (Å²) < 4.78 is 4.03. The molecule has 0 unspecified atom stereocenters. The van der Waals surface area contributed by atoms with Gasteiger partial charge >= 0.3 is 0 Å². The van der Waals surface area contributed by atoms with Gasteiger partial charge < -0.3 is 9.84 Å². The highest BCUT2D eigenvalue weighted by molar-refractivity contribution is 6.67. The van der Waals surface area contributed by atoms with Crippen molar-refractivity contribution in [1.29, 1.82) is 0 Å². The highest BCUT2D eigenvalue weighted by atomic mass is 35.6. The minimum atomic E-state index is -1.45. The number of phenolic OH excluding ortho intramolecular Hbond substituents is 1. The molecule has 0 spiro atoms. The van der Waals surface area contributed by atoms with Gasteiger partial charge in [-0.3, -0.25) is 10.3 Å². The molecule has 0 heterocycles. The van der Waals surface area contributed by atoms with Crippen molar-refractivity contribution in [3.8, 4) is 11.5 Å². The van der Waals surface area contributed by atoms with Crippen LogP contribution in [0.4, 0.5) is 0 Å². The third-order valence-electron chi connectivity index (χ3n) is 2.25. The SMILES string of the molecule is Oc1cc(Cl)c(OCCCC=CNOCC(Cl)(Cl)Cl)c(Cl)c1. The third kappa shape index (κ3) is 8.42. The van der Waals surface area contributed by atoms with Crippen molar-refractivity contribution in [2.45, 2.75) is 16.6 Å². The van der Waals surface area contributed by atoms with E-state index in [9.17, 15) is 5.11 Å². The zero-order valence-corrected chi connectivity index (χ0v) is 15.1. The molecule has 0 aliphatic heterocycles. The molecule has 0 atom stereocenters. The van der Waals surface area contributed by atoms with Gasteiger partial charge in [-0.2, -0.15) is 0 Å². The summed E-state index contributed by atoms with van der Waals surface area (Å²) in [7, 11) is 0. The number of hydrogen-bond donors (Lipinski definition) is 2. The molecule has 0 aliphatic carbocycles. The summed E-state index contributed by atoms with van der Waals surface area (Å²) in [4.78, 5) is 4.89. The van der Waals surface area contributed by atoms with E-state index in [4.69, 9.17) is 67.6 Å². The first-order valence-electron chi connectivity index (χ1n) is 6.19. The van der Waals surface area contributed by atoms with Gasteiger partial charge in [0.25, 0.3) is 0 Å². The number of alkyl halides is 3. The number of nitrogens with one attached hydrogen (secondary N) is 1. The van der Waals surface area contributed by atoms with Gasteiger partial charge in [-0.25, -0.2) is 0 Å². The molecule has 0 amide bonds. The fraction of sp³-hybridized carbons (Fsp3) is 0.385. The van der Waals surface area contributed by atoms with Crippen LogP contribution < -0.4 is 10.2 Å². The van der Waals surface area contributed by atoms with Gasteiger partial charge in [-0.05, 0) is 12.8 Å². The first-order valence-corrected chi connectivity index (χ1v) is 8.08. The van der Waals surface area contributed by atoms with Crippen LogP contribution in [0.1, 0.15) is 12.8 Å². The molecule has 0 bridgehead atoms. The van der Waals surface area contributed by atoms with Crippen LogP contribution in [-0.4, -0.2) is 22.1 Å². The summed E-state index contributed by atoms with van der Waals surface area (Å²) >= 11 is 28.3. The molecule has 1 rings (SSSR count). The second-order valence-electron chi connectivity index (χ2n) is 4.15. The number of unbranched alkanes of at least 4 members (excludes halogenated alkanes) is 1. The molecular formula is C13H14Cl5NO3. The lowest BCUT2D eigenvalue weighted by Gasteiger charge is -2.10. The molecule has 0 aromatic heterocycles. The zero-order chi connectivity index (χ0) is 16.6. The van der Waals surface area contributed by atoms with Crippen molar-refractivity contribution in [1.82, 2.24) is 5.48 Å². The number of halogens is 5. The van der Waals surface area contributed by atoms with Gasteiger partial charge in [-0.15, -0.1) is 0 Å². The Kier molecular flexibility index (Phi) is 8.83. The number of benzene rings is 1. The van der Waals surface area contributed by atoms with E-state index in [0.717, 1.165) is 12.8 Å². The van der Waals surface area contributed by atoms with Crippen LogP contribution >= 0.6 is 58.0 Å². The van der Waals surface area contributed by atoms with Crippen LogP contribution in [0.15, 0.2) is 24.4 Å². The summed E-state index contributed by atoms with van der Waals surface area (Å²) in [5, 5.41) is 9.84. The van der Waals surface area contributed by atoms with Gasteiger partial charge in [0.15, 0.2) is 5.75 Å². The number of allylic oxidation sites excluding steroid dienone is 1. The Morgan fingerprint density at radius 3 is 2.41 bits per heavy atom. The first-order chi connectivity index (χ1) is 10.3. The fourth-order valence-electron chi connectivity index (χ4n) is 1.36. The van der Waals surface area contributed by atoms with E-state index in [-0.39, 0.29) is 22.4 Å². The maximum Gasteiger partial charge on any atom is 0.216 e. The lowest BCUT2D eigenvalue weighted by molar-refractivity contribution is 0.0752. The molecule has 0 aliphatic rings. The molecule has 1 aromatic rings. The molecule has 0 saturated heterocycles. The topological polar surface area (TPSA) is 50.7 Å². The number of rotatable bonds is 8. The largest absolute Gasteiger partial charge is 0.508 e. The van der Waals surface area contributed by atoms with Crippen molar-refractivity contribution in [3.63, 3.8) is 0 Å². The molecule has 22 heavy (non-hydrogen) atoms. The second-order valence-corrected chi connectivity index (χ2v) is 7.48. The summed E-state index contributed by atoms with van der Waals surface area (Å²) in [5.74, 6) is 0.348. The Balaban J connectivity index is 2.18. The Morgan fingerprint density at radius 1 is 1.18 bits per heavy atom. The number of aromatic hydroxyl groups is 1. The fourth-order valence-corrected chi connectivity index (χ4v) is 2.11.